The fourth-order valence-electron chi connectivity index (χ4n) is 4.46. The van der Waals surface area contributed by atoms with Gasteiger partial charge in [0, 0.05) is 31.9 Å². The Kier molecular flexibility index (Phi) is 6.20. The molecule has 33 heavy (non-hydrogen) atoms. The summed E-state index contributed by atoms with van der Waals surface area (Å²) in [5, 5.41) is 0. The summed E-state index contributed by atoms with van der Waals surface area (Å²) in [6, 6.07) is 11.9. The number of hydrogen-bond donors (Lipinski definition) is 0. The van der Waals surface area contributed by atoms with Gasteiger partial charge in [-0.25, -0.2) is 13.2 Å². The summed E-state index contributed by atoms with van der Waals surface area (Å²) in [5.41, 5.74) is 2.32. The van der Waals surface area contributed by atoms with Gasteiger partial charge >= 0.3 is 5.76 Å². The predicted molar refractivity (Wildman–Crippen MR) is 127 cm³/mol. The molecule has 1 aliphatic rings. The van der Waals surface area contributed by atoms with Gasteiger partial charge in [-0.1, -0.05) is 31.5 Å². The minimum Gasteiger partial charge on any atom is -0.408 e. The Balaban J connectivity index is 1.61. The maximum atomic E-state index is 13.2. The first-order valence-electron chi connectivity index (χ1n) is 11.0. The smallest absolute Gasteiger partial charge is 0.408 e. The van der Waals surface area contributed by atoms with Gasteiger partial charge in [0.15, 0.2) is 5.58 Å². The van der Waals surface area contributed by atoms with Crippen LogP contribution in [-0.2, 0) is 21.4 Å². The van der Waals surface area contributed by atoms with Crippen LogP contribution in [0.5, 0.6) is 0 Å². The van der Waals surface area contributed by atoms with Crippen molar-refractivity contribution in [1.82, 2.24) is 8.87 Å². The Hall–Kier alpha value is -2.91. The van der Waals surface area contributed by atoms with Gasteiger partial charge < -0.3 is 9.32 Å². The first-order chi connectivity index (χ1) is 15.6. The molecule has 0 spiro atoms. The van der Waals surface area contributed by atoms with E-state index in [1.54, 1.807) is 7.05 Å². The van der Waals surface area contributed by atoms with Crippen molar-refractivity contribution in [2.45, 2.75) is 38.6 Å². The number of anilines is 1. The zero-order chi connectivity index (χ0) is 23.9. The first kappa shape index (κ1) is 23.3. The molecule has 2 atom stereocenters. The Morgan fingerprint density at radius 3 is 2.36 bits per heavy atom. The summed E-state index contributed by atoms with van der Waals surface area (Å²) in [7, 11) is -2.07. The molecular formula is C24H29N3O5S. The maximum absolute atomic E-state index is 13.2. The summed E-state index contributed by atoms with van der Waals surface area (Å²) in [6.45, 7) is 6.77. The van der Waals surface area contributed by atoms with Crippen LogP contribution in [0, 0.1) is 18.8 Å². The first-order valence-corrected chi connectivity index (χ1v) is 12.5. The molecule has 3 aromatic rings. The Labute approximate surface area is 193 Å². The fourth-order valence-corrected chi connectivity index (χ4v) is 6.16. The minimum absolute atomic E-state index is 0.0836. The molecular weight excluding hydrogens is 442 g/mol. The SMILES string of the molecule is Cc1ccc(N(C)C(=O)Cn2c(=O)oc3cc(S(=O)(=O)N4CC(C)CC(C)C4)ccc32)cc1. The van der Waals surface area contributed by atoms with Crippen molar-refractivity contribution in [1.29, 1.82) is 0 Å². The number of oxazole rings is 1. The molecule has 9 heteroatoms. The number of piperidine rings is 1. The zero-order valence-electron chi connectivity index (χ0n) is 19.3. The number of sulfonamides is 1. The van der Waals surface area contributed by atoms with Crippen LogP contribution in [-0.4, -0.2) is 43.3 Å². The van der Waals surface area contributed by atoms with Crippen LogP contribution in [0.2, 0.25) is 0 Å². The van der Waals surface area contributed by atoms with E-state index >= 15 is 0 Å². The number of aromatic nitrogens is 1. The van der Waals surface area contributed by atoms with Gasteiger partial charge in [0.2, 0.25) is 15.9 Å². The van der Waals surface area contributed by atoms with Gasteiger partial charge in [0.25, 0.3) is 0 Å². The quantitative estimate of drug-likeness (QED) is 0.570. The average molecular weight is 472 g/mol. The molecule has 4 rings (SSSR count). The van der Waals surface area contributed by atoms with E-state index in [1.807, 2.05) is 45.0 Å². The molecule has 2 heterocycles. The van der Waals surface area contributed by atoms with Gasteiger partial charge in [0.05, 0.1) is 10.4 Å². The van der Waals surface area contributed by atoms with Gasteiger partial charge in [-0.05, 0) is 49.4 Å². The number of fused-ring (bicyclic) bond motifs is 1. The van der Waals surface area contributed by atoms with E-state index in [2.05, 4.69) is 0 Å². The van der Waals surface area contributed by atoms with Crippen LogP contribution < -0.4 is 10.7 Å². The molecule has 0 N–H and O–H groups in total. The number of hydrogen-bond acceptors (Lipinski definition) is 5. The number of amides is 1. The van der Waals surface area contributed by atoms with Crippen LogP contribution in [0.4, 0.5) is 5.69 Å². The molecule has 2 aromatic carbocycles. The average Bonchev–Trinajstić information content (AvgIpc) is 3.07. The summed E-state index contributed by atoms with van der Waals surface area (Å²) in [6.07, 6.45) is 0.994. The summed E-state index contributed by atoms with van der Waals surface area (Å²) in [5.74, 6) is -0.437. The minimum atomic E-state index is -3.71. The van der Waals surface area contributed by atoms with Crippen LogP contribution in [0.1, 0.15) is 25.8 Å². The Bertz CT molecular complexity index is 1330. The zero-order valence-corrected chi connectivity index (χ0v) is 20.1. The van der Waals surface area contributed by atoms with Gasteiger partial charge in [-0.3, -0.25) is 9.36 Å². The lowest BCUT2D eigenvalue weighted by Crippen LogP contribution is -2.42. The third-order valence-corrected chi connectivity index (χ3v) is 8.03. The molecule has 1 aromatic heterocycles. The Morgan fingerprint density at radius 2 is 1.73 bits per heavy atom. The fraction of sp³-hybridized carbons (Fsp3) is 0.417. The van der Waals surface area contributed by atoms with Crippen molar-refractivity contribution in [3.05, 3.63) is 58.6 Å². The van der Waals surface area contributed by atoms with Gasteiger partial charge in [-0.2, -0.15) is 4.31 Å². The monoisotopic (exact) mass is 471 g/mol. The van der Waals surface area contributed by atoms with E-state index < -0.39 is 15.8 Å². The highest BCUT2D eigenvalue weighted by Gasteiger charge is 2.32. The van der Waals surface area contributed by atoms with E-state index in [0.717, 1.165) is 12.0 Å². The van der Waals surface area contributed by atoms with Crippen molar-refractivity contribution in [2.75, 3.05) is 25.0 Å². The lowest BCUT2D eigenvalue weighted by atomic mass is 9.94. The molecule has 0 bridgehead atoms. The molecule has 1 amide bonds. The highest BCUT2D eigenvalue weighted by Crippen LogP contribution is 2.28. The van der Waals surface area contributed by atoms with Gasteiger partial charge in [-0.15, -0.1) is 0 Å². The third-order valence-electron chi connectivity index (χ3n) is 6.20. The van der Waals surface area contributed by atoms with Crippen LogP contribution in [0.25, 0.3) is 11.1 Å². The molecule has 0 saturated carbocycles. The summed E-state index contributed by atoms with van der Waals surface area (Å²) < 4.78 is 34.4. The highest BCUT2D eigenvalue weighted by atomic mass is 32.2. The van der Waals surface area contributed by atoms with Crippen molar-refractivity contribution >= 4 is 32.7 Å². The molecule has 0 radical (unpaired) electrons. The molecule has 8 nitrogen and oxygen atoms in total. The van der Waals surface area contributed by atoms with E-state index in [9.17, 15) is 18.0 Å². The van der Waals surface area contributed by atoms with E-state index in [4.69, 9.17) is 4.42 Å². The molecule has 1 aliphatic heterocycles. The molecule has 2 unspecified atom stereocenters. The third kappa shape index (κ3) is 4.60. The van der Waals surface area contributed by atoms with E-state index in [-0.39, 0.29) is 34.8 Å². The number of likely N-dealkylation sites (N-methyl/N-ethyl adjacent to an activating group) is 1. The van der Waals surface area contributed by atoms with Crippen molar-refractivity contribution in [2.24, 2.45) is 11.8 Å². The molecule has 0 aliphatic carbocycles. The predicted octanol–water partition coefficient (Wildman–Crippen LogP) is 3.23. The topological polar surface area (TPSA) is 92.8 Å². The molecule has 176 valence electrons. The summed E-state index contributed by atoms with van der Waals surface area (Å²) >= 11 is 0. The van der Waals surface area contributed by atoms with Crippen molar-refractivity contribution in [3.63, 3.8) is 0 Å². The lowest BCUT2D eigenvalue weighted by Gasteiger charge is -2.34. The maximum Gasteiger partial charge on any atom is 0.420 e. The number of aryl methyl sites for hydroxylation is 1. The highest BCUT2D eigenvalue weighted by molar-refractivity contribution is 7.89. The number of nitrogens with zero attached hydrogens (tertiary/aromatic N) is 3. The standard InChI is InChI=1S/C24H29N3O5S/c1-16-5-7-19(8-6-16)25(4)23(28)15-27-21-10-9-20(12-22(21)32-24(27)29)33(30,31)26-13-17(2)11-18(3)14-26/h5-10,12,17-18H,11,13-15H2,1-4H3. The normalized spacial score (nSPS) is 19.6. The second-order valence-electron chi connectivity index (χ2n) is 9.14. The second kappa shape index (κ2) is 8.79. The number of carbonyl (C=O) groups excluding carboxylic acids is 1. The Morgan fingerprint density at radius 1 is 1.09 bits per heavy atom. The lowest BCUT2D eigenvalue weighted by molar-refractivity contribution is -0.118. The number of benzene rings is 2. The molecule has 1 fully saturated rings. The number of carbonyl (C=O) groups is 1. The van der Waals surface area contributed by atoms with E-state index in [1.165, 1.54) is 32.0 Å². The van der Waals surface area contributed by atoms with Gasteiger partial charge in [0.1, 0.15) is 6.54 Å². The molecule has 1 saturated heterocycles. The van der Waals surface area contributed by atoms with Crippen molar-refractivity contribution < 1.29 is 17.6 Å². The second-order valence-corrected chi connectivity index (χ2v) is 11.1. The van der Waals surface area contributed by atoms with Crippen LogP contribution >= 0.6 is 0 Å². The largest absolute Gasteiger partial charge is 0.420 e. The summed E-state index contributed by atoms with van der Waals surface area (Å²) in [4.78, 5) is 26.9. The van der Waals surface area contributed by atoms with E-state index in [0.29, 0.717) is 24.3 Å². The van der Waals surface area contributed by atoms with Crippen LogP contribution in [0.15, 0.2) is 56.6 Å². The number of rotatable bonds is 5. The van der Waals surface area contributed by atoms with Crippen molar-refractivity contribution in [3.8, 4) is 0 Å². The van der Waals surface area contributed by atoms with Crippen LogP contribution in [0.3, 0.4) is 0 Å².